The van der Waals surface area contributed by atoms with Gasteiger partial charge in [0.05, 0.1) is 0 Å². The number of nitrogen functional groups attached to an aromatic ring is 1. The zero-order chi connectivity index (χ0) is 14.7. The molecule has 1 aromatic heterocycles. The van der Waals surface area contributed by atoms with Crippen molar-refractivity contribution >= 4 is 33.6 Å². The normalized spacial score (nSPS) is 10.6. The van der Waals surface area contributed by atoms with Gasteiger partial charge in [0.1, 0.15) is 5.82 Å². The Bertz CT molecular complexity index is 643. The van der Waals surface area contributed by atoms with E-state index < -0.39 is 0 Å². The molecule has 0 saturated carbocycles. The van der Waals surface area contributed by atoms with E-state index in [1.807, 2.05) is 24.6 Å². The van der Waals surface area contributed by atoms with E-state index in [9.17, 15) is 4.79 Å². The SMILES string of the molecule is Cc1nnc(SCc2ccc(C(=O)NN)cc2Br)n1C. The summed E-state index contributed by atoms with van der Waals surface area (Å²) < 4.78 is 2.81. The molecule has 0 spiro atoms. The van der Waals surface area contributed by atoms with E-state index in [4.69, 9.17) is 5.84 Å². The minimum absolute atomic E-state index is 0.311. The number of nitrogens with two attached hydrogens (primary N) is 1. The summed E-state index contributed by atoms with van der Waals surface area (Å²) in [5, 5.41) is 8.97. The molecule has 0 aliphatic heterocycles. The van der Waals surface area contributed by atoms with Crippen LogP contribution in [0.15, 0.2) is 27.8 Å². The van der Waals surface area contributed by atoms with Gasteiger partial charge in [0.2, 0.25) is 0 Å². The molecule has 6 nitrogen and oxygen atoms in total. The number of hydrogen-bond donors (Lipinski definition) is 2. The molecule has 8 heteroatoms. The number of carbonyl (C=O) groups excluding carboxylic acids is 1. The highest BCUT2D eigenvalue weighted by Gasteiger charge is 2.10. The topological polar surface area (TPSA) is 85.8 Å². The summed E-state index contributed by atoms with van der Waals surface area (Å²) in [6.07, 6.45) is 0. The molecular formula is C12H14BrN5OS. The lowest BCUT2D eigenvalue weighted by Gasteiger charge is -2.06. The molecule has 0 aliphatic rings. The molecule has 2 rings (SSSR count). The van der Waals surface area contributed by atoms with E-state index in [-0.39, 0.29) is 5.91 Å². The molecule has 3 N–H and O–H groups in total. The predicted octanol–water partition coefficient (Wildman–Crippen LogP) is 1.78. The number of nitrogens with zero attached hydrogens (tertiary/aromatic N) is 3. The number of amides is 1. The molecular weight excluding hydrogens is 342 g/mol. The monoisotopic (exact) mass is 355 g/mol. The fourth-order valence-corrected chi connectivity index (χ4v) is 3.21. The van der Waals surface area contributed by atoms with Crippen molar-refractivity contribution in [1.82, 2.24) is 20.2 Å². The van der Waals surface area contributed by atoms with Gasteiger partial charge in [-0.2, -0.15) is 0 Å². The summed E-state index contributed by atoms with van der Waals surface area (Å²) in [7, 11) is 1.93. The first kappa shape index (κ1) is 15.0. The number of nitrogens with one attached hydrogen (secondary N) is 1. The van der Waals surface area contributed by atoms with E-state index in [1.54, 1.807) is 23.9 Å². The molecule has 0 bridgehead atoms. The lowest BCUT2D eigenvalue weighted by molar-refractivity contribution is 0.0953. The maximum Gasteiger partial charge on any atom is 0.265 e. The third kappa shape index (κ3) is 3.20. The zero-order valence-corrected chi connectivity index (χ0v) is 13.5. The minimum Gasteiger partial charge on any atom is -0.309 e. The minimum atomic E-state index is -0.311. The number of halogens is 1. The highest BCUT2D eigenvalue weighted by Crippen LogP contribution is 2.26. The molecule has 0 aliphatic carbocycles. The molecule has 1 aromatic carbocycles. The lowest BCUT2D eigenvalue weighted by Crippen LogP contribution is -2.29. The number of aromatic nitrogens is 3. The first-order valence-corrected chi connectivity index (χ1v) is 7.59. The molecule has 0 radical (unpaired) electrons. The van der Waals surface area contributed by atoms with Crippen LogP contribution in [0.4, 0.5) is 0 Å². The summed E-state index contributed by atoms with van der Waals surface area (Å²) >= 11 is 5.05. The van der Waals surface area contributed by atoms with Gasteiger partial charge in [0.25, 0.3) is 5.91 Å². The molecule has 106 valence electrons. The number of thioether (sulfide) groups is 1. The molecule has 0 saturated heterocycles. The molecule has 1 amide bonds. The highest BCUT2D eigenvalue weighted by atomic mass is 79.9. The quantitative estimate of drug-likeness (QED) is 0.378. The second-order valence-corrected chi connectivity index (χ2v) is 5.95. The van der Waals surface area contributed by atoms with Gasteiger partial charge in [-0.15, -0.1) is 10.2 Å². The van der Waals surface area contributed by atoms with Crippen LogP contribution >= 0.6 is 27.7 Å². The van der Waals surface area contributed by atoms with Crippen LogP contribution in [0, 0.1) is 6.92 Å². The molecule has 20 heavy (non-hydrogen) atoms. The first-order valence-electron chi connectivity index (χ1n) is 5.81. The Kier molecular flexibility index (Phi) is 4.79. The first-order chi connectivity index (χ1) is 9.52. The average Bonchev–Trinajstić information content (AvgIpc) is 2.76. The van der Waals surface area contributed by atoms with Gasteiger partial charge in [-0.25, -0.2) is 5.84 Å². The second kappa shape index (κ2) is 6.38. The van der Waals surface area contributed by atoms with Gasteiger partial charge >= 0.3 is 0 Å². The Balaban J connectivity index is 2.10. The van der Waals surface area contributed by atoms with Crippen molar-refractivity contribution in [2.24, 2.45) is 12.9 Å². The summed E-state index contributed by atoms with van der Waals surface area (Å²) in [6, 6.07) is 5.38. The number of benzene rings is 1. The van der Waals surface area contributed by atoms with E-state index in [0.29, 0.717) is 5.56 Å². The number of rotatable bonds is 4. The molecule has 2 aromatic rings. The van der Waals surface area contributed by atoms with Crippen molar-refractivity contribution in [1.29, 1.82) is 0 Å². The number of carbonyl (C=O) groups is 1. The van der Waals surface area contributed by atoms with Gasteiger partial charge in [0, 0.05) is 22.8 Å². The summed E-state index contributed by atoms with van der Waals surface area (Å²) in [5.74, 6) is 6.41. The van der Waals surface area contributed by atoms with Gasteiger partial charge in [0.15, 0.2) is 5.16 Å². The van der Waals surface area contributed by atoms with Gasteiger partial charge in [-0.3, -0.25) is 10.2 Å². The van der Waals surface area contributed by atoms with Crippen molar-refractivity contribution in [3.63, 3.8) is 0 Å². The van der Waals surface area contributed by atoms with E-state index in [0.717, 1.165) is 26.8 Å². The maximum absolute atomic E-state index is 11.4. The molecule has 0 atom stereocenters. The maximum atomic E-state index is 11.4. The average molecular weight is 356 g/mol. The summed E-state index contributed by atoms with van der Waals surface area (Å²) in [4.78, 5) is 11.4. The third-order valence-electron chi connectivity index (χ3n) is 2.86. The fraction of sp³-hybridized carbons (Fsp3) is 0.250. The van der Waals surface area contributed by atoms with Crippen molar-refractivity contribution in [2.45, 2.75) is 17.8 Å². The Labute approximate surface area is 129 Å². The highest BCUT2D eigenvalue weighted by molar-refractivity contribution is 9.10. The van der Waals surface area contributed by atoms with Crippen LogP contribution in [-0.2, 0) is 12.8 Å². The van der Waals surface area contributed by atoms with E-state index in [2.05, 4.69) is 31.6 Å². The second-order valence-electron chi connectivity index (χ2n) is 4.16. The Morgan fingerprint density at radius 3 is 2.80 bits per heavy atom. The van der Waals surface area contributed by atoms with Crippen LogP contribution in [0.1, 0.15) is 21.7 Å². The van der Waals surface area contributed by atoms with Crippen LogP contribution in [0.2, 0.25) is 0 Å². The standard InChI is InChI=1S/C12H14BrN5OS/c1-7-16-17-12(18(7)2)20-6-9-4-3-8(5-10(9)13)11(19)15-14/h3-5H,6,14H2,1-2H3,(H,15,19). The van der Waals surface area contributed by atoms with Crippen LogP contribution in [0.5, 0.6) is 0 Å². The van der Waals surface area contributed by atoms with Gasteiger partial charge < -0.3 is 4.57 Å². The summed E-state index contributed by atoms with van der Waals surface area (Å²) in [6.45, 7) is 1.91. The van der Waals surface area contributed by atoms with Crippen molar-refractivity contribution < 1.29 is 4.79 Å². The summed E-state index contributed by atoms with van der Waals surface area (Å²) in [5.41, 5.74) is 3.70. The Morgan fingerprint density at radius 1 is 1.50 bits per heavy atom. The molecule has 0 fully saturated rings. The Hall–Kier alpha value is -1.38. The number of aryl methyl sites for hydroxylation is 1. The van der Waals surface area contributed by atoms with Crippen molar-refractivity contribution in [3.05, 3.63) is 39.6 Å². The molecule has 0 unspecified atom stereocenters. The largest absolute Gasteiger partial charge is 0.309 e. The predicted molar refractivity (Wildman–Crippen MR) is 81.1 cm³/mol. The van der Waals surface area contributed by atoms with Gasteiger partial charge in [-0.05, 0) is 24.6 Å². The van der Waals surface area contributed by atoms with Gasteiger partial charge in [-0.1, -0.05) is 33.8 Å². The Morgan fingerprint density at radius 2 is 2.25 bits per heavy atom. The van der Waals surface area contributed by atoms with Crippen LogP contribution in [0.3, 0.4) is 0 Å². The van der Waals surface area contributed by atoms with Crippen LogP contribution in [0.25, 0.3) is 0 Å². The number of hydrogen-bond acceptors (Lipinski definition) is 5. The number of hydrazine groups is 1. The fourth-order valence-electron chi connectivity index (χ4n) is 1.54. The van der Waals surface area contributed by atoms with Crippen molar-refractivity contribution in [3.8, 4) is 0 Å². The smallest absolute Gasteiger partial charge is 0.265 e. The lowest BCUT2D eigenvalue weighted by atomic mass is 10.1. The zero-order valence-electron chi connectivity index (χ0n) is 11.1. The van der Waals surface area contributed by atoms with Crippen LogP contribution < -0.4 is 11.3 Å². The third-order valence-corrected chi connectivity index (χ3v) is 4.66. The van der Waals surface area contributed by atoms with E-state index >= 15 is 0 Å². The van der Waals surface area contributed by atoms with Crippen LogP contribution in [-0.4, -0.2) is 20.7 Å². The molecule has 1 heterocycles. The van der Waals surface area contributed by atoms with E-state index in [1.165, 1.54) is 0 Å². The van der Waals surface area contributed by atoms with Crippen molar-refractivity contribution in [2.75, 3.05) is 0 Å².